The topological polar surface area (TPSA) is 107 Å². The Morgan fingerprint density at radius 2 is 1.96 bits per heavy atom. The number of hydrogen-bond acceptors (Lipinski definition) is 6. The van der Waals surface area contributed by atoms with Gasteiger partial charge in [-0.1, -0.05) is 6.42 Å². The van der Waals surface area contributed by atoms with Crippen LogP contribution in [-0.4, -0.2) is 36.3 Å². The predicted octanol–water partition coefficient (Wildman–Crippen LogP) is 3.38. The first-order chi connectivity index (χ1) is 12.4. The Morgan fingerprint density at radius 3 is 2.48 bits per heavy atom. The summed E-state index contributed by atoms with van der Waals surface area (Å²) >= 11 is 1.39. The molecule has 9 heteroatoms. The van der Waals surface area contributed by atoms with Crippen LogP contribution in [-0.2, 0) is 0 Å². The summed E-state index contributed by atoms with van der Waals surface area (Å²) in [6.07, 6.45) is 6.92. The zero-order valence-corrected chi connectivity index (χ0v) is 17.1. The van der Waals surface area contributed by atoms with Crippen molar-refractivity contribution in [3.05, 3.63) is 27.8 Å². The average Bonchev–Trinajstić information content (AvgIpc) is 2.61. The normalized spacial score (nSPS) is 26.6. The van der Waals surface area contributed by atoms with E-state index < -0.39 is 4.92 Å². The summed E-state index contributed by atoms with van der Waals surface area (Å²) in [5.74, 6) is 0.742. The first-order valence-electron chi connectivity index (χ1n) is 8.91. The summed E-state index contributed by atoms with van der Waals surface area (Å²) in [5, 5.41) is 14.6. The Morgan fingerprint density at radius 1 is 1.33 bits per heavy atom. The highest BCUT2D eigenvalue weighted by atomic mass is 35.5. The molecule has 2 bridgehead atoms. The largest absolute Gasteiger partial charge is 0.495 e. The number of ether oxygens (including phenoxy) is 1. The molecule has 2 atom stereocenters. The molecule has 0 saturated heterocycles. The maximum Gasteiger partial charge on any atom is 0.285 e. The number of hydrogen-bond donors (Lipinski definition) is 2. The van der Waals surface area contributed by atoms with Gasteiger partial charge in [0.15, 0.2) is 0 Å². The minimum Gasteiger partial charge on any atom is -0.495 e. The molecule has 27 heavy (non-hydrogen) atoms. The molecule has 2 unspecified atom stereocenters. The fraction of sp³-hybridized carbons (Fsp3) is 0.611. The zero-order valence-electron chi connectivity index (χ0n) is 15.5. The Bertz CT molecular complexity index is 704. The van der Waals surface area contributed by atoms with Crippen LogP contribution in [0.5, 0.6) is 5.75 Å². The van der Waals surface area contributed by atoms with Gasteiger partial charge in [0, 0.05) is 12.1 Å². The smallest absolute Gasteiger partial charge is 0.285 e. The van der Waals surface area contributed by atoms with Crippen LogP contribution in [0.3, 0.4) is 0 Å². The number of thioether (sulfide) groups is 1. The van der Waals surface area contributed by atoms with Gasteiger partial charge in [0.1, 0.15) is 11.3 Å². The van der Waals surface area contributed by atoms with Crippen molar-refractivity contribution in [2.24, 2.45) is 17.6 Å². The molecule has 0 heterocycles. The molecule has 0 radical (unpaired) electrons. The average molecular weight is 416 g/mol. The van der Waals surface area contributed by atoms with Crippen LogP contribution in [0.4, 0.5) is 5.69 Å². The van der Waals surface area contributed by atoms with E-state index in [9.17, 15) is 14.9 Å². The number of rotatable bonds is 5. The summed E-state index contributed by atoms with van der Waals surface area (Å²) < 4.78 is 5.21. The number of nitrogens with zero attached hydrogens (tertiary/aromatic N) is 1. The molecular weight excluding hydrogens is 390 g/mol. The first kappa shape index (κ1) is 21.8. The predicted molar refractivity (Wildman–Crippen MR) is 108 cm³/mol. The Labute approximate surface area is 169 Å². The van der Waals surface area contributed by atoms with Crippen molar-refractivity contribution in [1.29, 1.82) is 0 Å². The summed E-state index contributed by atoms with van der Waals surface area (Å²) in [6, 6.07) is 3.13. The first-order valence-corrected chi connectivity index (χ1v) is 10.1. The van der Waals surface area contributed by atoms with E-state index >= 15 is 0 Å². The Kier molecular flexibility index (Phi) is 7.36. The highest BCUT2D eigenvalue weighted by molar-refractivity contribution is 7.98. The van der Waals surface area contributed by atoms with Gasteiger partial charge in [0.2, 0.25) is 0 Å². The number of carbonyl (C=O) groups is 1. The van der Waals surface area contributed by atoms with Crippen LogP contribution in [0, 0.1) is 22.0 Å². The molecule has 1 aromatic carbocycles. The van der Waals surface area contributed by atoms with E-state index in [0.717, 1.165) is 32.1 Å². The molecule has 3 rings (SSSR count). The van der Waals surface area contributed by atoms with Gasteiger partial charge >= 0.3 is 0 Å². The molecule has 2 fully saturated rings. The molecule has 1 amide bonds. The fourth-order valence-corrected chi connectivity index (χ4v) is 5.03. The molecule has 2 aliphatic carbocycles. The van der Waals surface area contributed by atoms with E-state index in [1.165, 1.54) is 24.9 Å². The van der Waals surface area contributed by atoms with Gasteiger partial charge in [-0.05, 0) is 49.8 Å². The molecule has 2 aliphatic rings. The van der Waals surface area contributed by atoms with Gasteiger partial charge in [-0.2, -0.15) is 0 Å². The van der Waals surface area contributed by atoms with E-state index in [4.69, 9.17) is 10.5 Å². The maximum atomic E-state index is 12.9. The van der Waals surface area contributed by atoms with Crippen molar-refractivity contribution in [1.82, 2.24) is 5.32 Å². The fourth-order valence-electron chi connectivity index (χ4n) is 4.46. The SMILES string of the molecule is COc1cc([N+](=O)[O-])c(C(=O)NC2C3CCCC2CC(N)C3)cc1SC.Cl. The third-order valence-corrected chi connectivity index (χ3v) is 6.38. The molecule has 0 aliphatic heterocycles. The van der Waals surface area contributed by atoms with E-state index in [1.54, 1.807) is 6.07 Å². The number of fused-ring (bicyclic) bond motifs is 2. The van der Waals surface area contributed by atoms with Gasteiger partial charge in [-0.3, -0.25) is 14.9 Å². The standard InChI is InChI=1S/C18H25N3O4S.ClH/c1-25-15-9-14(21(23)24)13(8-16(15)26-2)18(22)20-17-10-4-3-5-11(17)7-12(19)6-10;/h8-12,17H,3-7,19H2,1-2H3,(H,20,22);1H. The number of nitrogens with one attached hydrogen (secondary N) is 1. The molecule has 0 aromatic heterocycles. The second-order valence-corrected chi connectivity index (χ2v) is 8.01. The number of nitro groups is 1. The molecule has 3 N–H and O–H groups in total. The van der Waals surface area contributed by atoms with Crippen molar-refractivity contribution in [2.75, 3.05) is 13.4 Å². The summed E-state index contributed by atoms with van der Waals surface area (Å²) in [4.78, 5) is 24.6. The van der Waals surface area contributed by atoms with Crippen LogP contribution in [0.25, 0.3) is 0 Å². The van der Waals surface area contributed by atoms with Gasteiger partial charge in [0.25, 0.3) is 11.6 Å². The lowest BCUT2D eigenvalue weighted by atomic mass is 9.67. The second-order valence-electron chi connectivity index (χ2n) is 7.16. The number of methoxy groups -OCH3 is 1. The molecule has 150 valence electrons. The highest BCUT2D eigenvalue weighted by Crippen LogP contribution is 2.40. The monoisotopic (exact) mass is 415 g/mol. The van der Waals surface area contributed by atoms with Crippen LogP contribution >= 0.6 is 24.2 Å². The third kappa shape index (κ3) is 4.50. The van der Waals surface area contributed by atoms with E-state index in [2.05, 4.69) is 5.32 Å². The van der Waals surface area contributed by atoms with Crippen LogP contribution in [0.1, 0.15) is 42.5 Å². The van der Waals surface area contributed by atoms with Gasteiger partial charge in [-0.25, -0.2) is 0 Å². The van der Waals surface area contributed by atoms with Crippen molar-refractivity contribution >= 4 is 35.8 Å². The molecule has 0 spiro atoms. The third-order valence-electron chi connectivity index (χ3n) is 5.62. The van der Waals surface area contributed by atoms with Crippen LogP contribution in [0.15, 0.2) is 17.0 Å². The summed E-state index contributed by atoms with van der Waals surface area (Å²) in [5.41, 5.74) is 6.01. The van der Waals surface area contributed by atoms with Crippen molar-refractivity contribution in [3.8, 4) is 5.75 Å². The van der Waals surface area contributed by atoms with E-state index in [-0.39, 0.29) is 41.6 Å². The minimum absolute atomic E-state index is 0. The van der Waals surface area contributed by atoms with E-state index in [0.29, 0.717) is 22.5 Å². The zero-order chi connectivity index (χ0) is 18.8. The minimum atomic E-state index is -0.529. The quantitative estimate of drug-likeness (QED) is 0.433. The van der Waals surface area contributed by atoms with Crippen molar-refractivity contribution in [3.63, 3.8) is 0 Å². The Hall–Kier alpha value is -1.51. The number of halogens is 1. The number of nitrogens with two attached hydrogens (primary N) is 1. The number of carbonyl (C=O) groups excluding carboxylic acids is 1. The molecule has 2 saturated carbocycles. The van der Waals surface area contributed by atoms with Crippen molar-refractivity contribution < 1.29 is 14.5 Å². The van der Waals surface area contributed by atoms with Gasteiger partial charge in [-0.15, -0.1) is 24.2 Å². The van der Waals surface area contributed by atoms with E-state index in [1.807, 2.05) is 6.26 Å². The van der Waals surface area contributed by atoms with Crippen LogP contribution in [0.2, 0.25) is 0 Å². The lowest BCUT2D eigenvalue weighted by molar-refractivity contribution is -0.385. The van der Waals surface area contributed by atoms with Crippen molar-refractivity contribution in [2.45, 2.75) is 49.1 Å². The maximum absolute atomic E-state index is 12.9. The highest BCUT2D eigenvalue weighted by Gasteiger charge is 2.40. The number of benzene rings is 1. The summed E-state index contributed by atoms with van der Waals surface area (Å²) in [6.45, 7) is 0. The van der Waals surface area contributed by atoms with Gasteiger partial charge in [0.05, 0.1) is 23.0 Å². The summed E-state index contributed by atoms with van der Waals surface area (Å²) in [7, 11) is 1.46. The lowest BCUT2D eigenvalue weighted by Gasteiger charge is -2.45. The molecule has 1 aromatic rings. The lowest BCUT2D eigenvalue weighted by Crippen LogP contribution is -2.53. The number of nitro benzene ring substituents is 1. The molecule has 7 nitrogen and oxygen atoms in total. The second kappa shape index (κ2) is 9.12. The number of amides is 1. The molecular formula is C18H26ClN3O4S. The van der Waals surface area contributed by atoms with Crippen LogP contribution < -0.4 is 15.8 Å². The van der Waals surface area contributed by atoms with Gasteiger partial charge < -0.3 is 15.8 Å². The Balaban J connectivity index is 0.00000261.